The second-order valence-corrected chi connectivity index (χ2v) is 4.73. The Bertz CT molecular complexity index is 680. The second-order valence-electron chi connectivity index (χ2n) is 4.73. The van der Waals surface area contributed by atoms with Crippen molar-refractivity contribution >= 4 is 23.5 Å². The largest absolute Gasteiger partial charge is 0.460 e. The van der Waals surface area contributed by atoms with Crippen molar-refractivity contribution in [2.75, 3.05) is 25.1 Å². The number of rotatable bonds is 7. The quantitative estimate of drug-likeness (QED) is 0.443. The minimum Gasteiger partial charge on any atom is -0.460 e. The van der Waals surface area contributed by atoms with Gasteiger partial charge in [0, 0.05) is 12.6 Å². The van der Waals surface area contributed by atoms with Crippen molar-refractivity contribution in [1.29, 1.82) is 0 Å². The smallest absolute Gasteiger partial charge is 0.340 e. The van der Waals surface area contributed by atoms with Crippen LogP contribution in [-0.4, -0.2) is 36.1 Å². The highest BCUT2D eigenvalue weighted by molar-refractivity contribution is 5.86. The fourth-order valence-corrected chi connectivity index (χ4v) is 1.54. The number of oxazole rings is 1. The van der Waals surface area contributed by atoms with E-state index in [0.717, 1.165) is 5.82 Å². The third-order valence-corrected chi connectivity index (χ3v) is 2.80. The Morgan fingerprint density at radius 3 is 2.83 bits per heavy atom. The predicted molar refractivity (Wildman–Crippen MR) is 84.0 cm³/mol. The molecule has 0 unspecified atom stereocenters. The first kappa shape index (κ1) is 16.3. The molecule has 0 aliphatic carbocycles. The molecule has 0 saturated carbocycles. The van der Waals surface area contributed by atoms with Gasteiger partial charge >= 0.3 is 12.0 Å². The van der Waals surface area contributed by atoms with Gasteiger partial charge in [-0.05, 0) is 19.1 Å². The molecule has 8 nitrogen and oxygen atoms in total. The molecule has 2 aromatic heterocycles. The SMILES string of the molecule is C=C(C)C(=O)OCCN(C)c1ccc(N=Nc2ncco2)cn1. The van der Waals surface area contributed by atoms with E-state index in [0.29, 0.717) is 17.8 Å². The van der Waals surface area contributed by atoms with Crippen LogP contribution in [0.4, 0.5) is 17.5 Å². The fraction of sp³-hybridized carbons (Fsp3) is 0.267. The van der Waals surface area contributed by atoms with Gasteiger partial charge in [0.1, 0.15) is 24.4 Å². The third-order valence-electron chi connectivity index (χ3n) is 2.80. The van der Waals surface area contributed by atoms with Crippen LogP contribution in [0.15, 0.2) is 57.6 Å². The summed E-state index contributed by atoms with van der Waals surface area (Å²) in [6.45, 7) is 5.91. The normalized spacial score (nSPS) is 10.7. The minimum atomic E-state index is -0.395. The summed E-state index contributed by atoms with van der Waals surface area (Å²) in [5, 5.41) is 7.79. The number of hydrogen-bond donors (Lipinski definition) is 0. The Balaban J connectivity index is 1.86. The van der Waals surface area contributed by atoms with E-state index in [2.05, 4.69) is 26.8 Å². The Hall–Kier alpha value is -3.03. The molecule has 120 valence electrons. The van der Waals surface area contributed by atoms with Crippen molar-refractivity contribution in [3.05, 3.63) is 42.9 Å². The van der Waals surface area contributed by atoms with Gasteiger partial charge < -0.3 is 14.1 Å². The van der Waals surface area contributed by atoms with Crippen LogP contribution in [0.3, 0.4) is 0 Å². The van der Waals surface area contributed by atoms with Gasteiger partial charge in [-0.1, -0.05) is 11.7 Å². The zero-order valence-electron chi connectivity index (χ0n) is 13.0. The molecule has 2 rings (SSSR count). The molecule has 0 aliphatic heterocycles. The lowest BCUT2D eigenvalue weighted by Crippen LogP contribution is -2.24. The minimum absolute atomic E-state index is 0.186. The van der Waals surface area contributed by atoms with Gasteiger partial charge in [-0.15, -0.1) is 5.11 Å². The predicted octanol–water partition coefficient (Wildman–Crippen LogP) is 3.04. The summed E-state index contributed by atoms with van der Waals surface area (Å²) in [5.41, 5.74) is 0.959. The summed E-state index contributed by atoms with van der Waals surface area (Å²) in [5.74, 6) is 0.333. The summed E-state index contributed by atoms with van der Waals surface area (Å²) < 4.78 is 9.99. The van der Waals surface area contributed by atoms with Crippen molar-refractivity contribution < 1.29 is 13.9 Å². The molecule has 0 bridgehead atoms. The molecule has 0 fully saturated rings. The zero-order valence-corrected chi connectivity index (χ0v) is 13.0. The number of pyridine rings is 1. The highest BCUT2D eigenvalue weighted by atomic mass is 16.5. The van der Waals surface area contributed by atoms with E-state index in [1.807, 2.05) is 11.9 Å². The maximum atomic E-state index is 11.3. The summed E-state index contributed by atoms with van der Waals surface area (Å²) in [6, 6.07) is 3.75. The molecule has 23 heavy (non-hydrogen) atoms. The van der Waals surface area contributed by atoms with Gasteiger partial charge in [0.25, 0.3) is 0 Å². The van der Waals surface area contributed by atoms with Crippen LogP contribution in [0, 0.1) is 0 Å². The number of nitrogens with zero attached hydrogens (tertiary/aromatic N) is 5. The van der Waals surface area contributed by atoms with Gasteiger partial charge in [-0.25, -0.2) is 9.78 Å². The number of carbonyl (C=O) groups is 1. The van der Waals surface area contributed by atoms with E-state index in [1.165, 1.54) is 12.5 Å². The highest BCUT2D eigenvalue weighted by Crippen LogP contribution is 2.18. The van der Waals surface area contributed by atoms with E-state index in [-0.39, 0.29) is 12.6 Å². The Kier molecular flexibility index (Phi) is 5.56. The van der Waals surface area contributed by atoms with E-state index in [1.54, 1.807) is 25.3 Å². The van der Waals surface area contributed by atoms with Gasteiger partial charge in [-0.2, -0.15) is 4.98 Å². The first-order valence-electron chi connectivity index (χ1n) is 6.87. The monoisotopic (exact) mass is 315 g/mol. The molecule has 0 spiro atoms. The molecule has 0 N–H and O–H groups in total. The lowest BCUT2D eigenvalue weighted by molar-refractivity contribution is -0.138. The van der Waals surface area contributed by atoms with Gasteiger partial charge in [0.2, 0.25) is 0 Å². The molecule has 0 amide bonds. The van der Waals surface area contributed by atoms with E-state index < -0.39 is 5.97 Å². The Morgan fingerprint density at radius 2 is 2.22 bits per heavy atom. The number of hydrogen-bond acceptors (Lipinski definition) is 8. The van der Waals surface area contributed by atoms with E-state index in [4.69, 9.17) is 9.15 Å². The van der Waals surface area contributed by atoms with Crippen LogP contribution in [0.2, 0.25) is 0 Å². The van der Waals surface area contributed by atoms with Crippen molar-refractivity contribution in [3.63, 3.8) is 0 Å². The lowest BCUT2D eigenvalue weighted by atomic mass is 10.4. The van der Waals surface area contributed by atoms with Crippen molar-refractivity contribution in [3.8, 4) is 0 Å². The number of aromatic nitrogens is 2. The average Bonchev–Trinajstić information content (AvgIpc) is 3.06. The van der Waals surface area contributed by atoms with Crippen molar-refractivity contribution in [2.45, 2.75) is 6.92 Å². The van der Waals surface area contributed by atoms with E-state index in [9.17, 15) is 4.79 Å². The highest BCUT2D eigenvalue weighted by Gasteiger charge is 2.06. The number of ether oxygens (including phenoxy) is 1. The fourth-order valence-electron chi connectivity index (χ4n) is 1.54. The molecular weight excluding hydrogens is 298 g/mol. The molecule has 0 aromatic carbocycles. The first-order valence-corrected chi connectivity index (χ1v) is 6.87. The zero-order chi connectivity index (χ0) is 16.7. The van der Waals surface area contributed by atoms with Crippen LogP contribution < -0.4 is 4.90 Å². The standard InChI is InChI=1S/C15H17N5O3/c1-11(2)14(21)22-9-7-20(3)13-5-4-12(10-17-13)18-19-15-16-6-8-23-15/h4-6,8,10H,1,7,9H2,2-3H3. The lowest BCUT2D eigenvalue weighted by Gasteiger charge is -2.17. The third kappa shape index (κ3) is 5.03. The molecule has 8 heteroatoms. The average molecular weight is 315 g/mol. The summed E-state index contributed by atoms with van der Waals surface area (Å²) in [4.78, 5) is 21.3. The van der Waals surface area contributed by atoms with Gasteiger partial charge in [0.05, 0.1) is 18.9 Å². The molecule has 0 aliphatic rings. The number of azo groups is 1. The van der Waals surface area contributed by atoms with Crippen molar-refractivity contribution in [1.82, 2.24) is 9.97 Å². The molecular formula is C15H17N5O3. The number of esters is 1. The maximum Gasteiger partial charge on any atom is 0.340 e. The Labute approximate surface area is 133 Å². The van der Waals surface area contributed by atoms with Crippen LogP contribution in [0.25, 0.3) is 0 Å². The first-order chi connectivity index (χ1) is 11.1. The molecule has 0 atom stereocenters. The molecule has 2 aromatic rings. The van der Waals surface area contributed by atoms with Crippen molar-refractivity contribution in [2.24, 2.45) is 10.2 Å². The Morgan fingerprint density at radius 1 is 1.39 bits per heavy atom. The van der Waals surface area contributed by atoms with Crippen LogP contribution in [0.1, 0.15) is 6.92 Å². The van der Waals surface area contributed by atoms with Crippen LogP contribution in [-0.2, 0) is 9.53 Å². The van der Waals surface area contributed by atoms with E-state index >= 15 is 0 Å². The molecule has 0 radical (unpaired) electrons. The molecule has 0 saturated heterocycles. The number of carbonyl (C=O) groups excluding carboxylic acids is 1. The molecule has 2 heterocycles. The second kappa shape index (κ2) is 7.83. The summed E-state index contributed by atoms with van der Waals surface area (Å²) in [6.07, 6.45) is 4.49. The van der Waals surface area contributed by atoms with Crippen LogP contribution >= 0.6 is 0 Å². The number of likely N-dealkylation sites (N-methyl/N-ethyl adjacent to an activating group) is 1. The number of anilines is 1. The van der Waals surface area contributed by atoms with Crippen LogP contribution in [0.5, 0.6) is 0 Å². The van der Waals surface area contributed by atoms with Gasteiger partial charge in [0.15, 0.2) is 0 Å². The topological polar surface area (TPSA) is 93.2 Å². The van der Waals surface area contributed by atoms with Gasteiger partial charge in [-0.3, -0.25) is 0 Å². The maximum absolute atomic E-state index is 11.3. The summed E-state index contributed by atoms with van der Waals surface area (Å²) >= 11 is 0. The summed E-state index contributed by atoms with van der Waals surface area (Å²) in [7, 11) is 1.85.